The van der Waals surface area contributed by atoms with Gasteiger partial charge in [-0.05, 0) is 26.8 Å². The van der Waals surface area contributed by atoms with Crippen molar-refractivity contribution in [1.29, 1.82) is 0 Å². The molecule has 0 atom stereocenters. The van der Waals surface area contributed by atoms with E-state index in [4.69, 9.17) is 0 Å². The molecule has 0 saturated carbocycles. The topological polar surface area (TPSA) is 46.5 Å². The second kappa shape index (κ2) is 5.75. The molecule has 0 fully saturated rings. The zero-order chi connectivity index (χ0) is 15.7. The maximum absolute atomic E-state index is 12.8. The normalized spacial score (nSPS) is 11.1. The van der Waals surface area contributed by atoms with E-state index in [1.54, 1.807) is 4.68 Å². The Bertz CT molecular complexity index is 784. The van der Waals surface area contributed by atoms with E-state index in [1.165, 1.54) is 5.56 Å². The molecular formula is C17H19FN4. The molecule has 0 spiro atoms. The van der Waals surface area contributed by atoms with Gasteiger partial charge in [0.1, 0.15) is 6.67 Å². The van der Waals surface area contributed by atoms with E-state index < -0.39 is 6.67 Å². The van der Waals surface area contributed by atoms with E-state index in [0.717, 1.165) is 22.5 Å². The van der Waals surface area contributed by atoms with E-state index in [1.807, 2.05) is 51.1 Å². The standard InChI is InChI=1S/C17H19FN4/c1-11-4-6-14(7-5-11)16-20-17(22(21-16)9-8-18)15-10-12(2)19-13(15)3/h4-7,10,19H,8-9H2,1-3H3. The fourth-order valence-electron chi connectivity index (χ4n) is 2.56. The second-order valence-corrected chi connectivity index (χ2v) is 5.53. The average Bonchev–Trinajstić information content (AvgIpc) is 3.03. The van der Waals surface area contributed by atoms with Crippen LogP contribution in [0.15, 0.2) is 30.3 Å². The summed E-state index contributed by atoms with van der Waals surface area (Å²) in [5.74, 6) is 1.33. The van der Waals surface area contributed by atoms with Gasteiger partial charge < -0.3 is 4.98 Å². The summed E-state index contributed by atoms with van der Waals surface area (Å²) in [6.45, 7) is 5.76. The number of aryl methyl sites for hydroxylation is 4. The highest BCUT2D eigenvalue weighted by Gasteiger charge is 2.16. The number of H-pyrrole nitrogens is 1. The Balaban J connectivity index is 2.09. The molecule has 0 aliphatic carbocycles. The Labute approximate surface area is 129 Å². The molecule has 0 unspecified atom stereocenters. The zero-order valence-corrected chi connectivity index (χ0v) is 13.0. The van der Waals surface area contributed by atoms with Crippen LogP contribution >= 0.6 is 0 Å². The van der Waals surface area contributed by atoms with Crippen molar-refractivity contribution in [2.75, 3.05) is 6.67 Å². The summed E-state index contributed by atoms with van der Waals surface area (Å²) in [5, 5.41) is 4.48. The average molecular weight is 298 g/mol. The Morgan fingerprint density at radius 3 is 2.45 bits per heavy atom. The molecule has 0 saturated heterocycles. The number of nitrogens with zero attached hydrogens (tertiary/aromatic N) is 3. The highest BCUT2D eigenvalue weighted by atomic mass is 19.1. The molecule has 0 aliphatic rings. The first-order valence-corrected chi connectivity index (χ1v) is 7.33. The van der Waals surface area contributed by atoms with Crippen LogP contribution in [0.2, 0.25) is 0 Å². The maximum atomic E-state index is 12.8. The van der Waals surface area contributed by atoms with Crippen LogP contribution in [0.3, 0.4) is 0 Å². The Morgan fingerprint density at radius 1 is 1.14 bits per heavy atom. The van der Waals surface area contributed by atoms with Crippen molar-refractivity contribution in [1.82, 2.24) is 19.7 Å². The Morgan fingerprint density at radius 2 is 1.86 bits per heavy atom. The van der Waals surface area contributed by atoms with Crippen molar-refractivity contribution >= 4 is 0 Å². The summed E-state index contributed by atoms with van der Waals surface area (Å²) in [5.41, 5.74) is 5.16. The number of benzene rings is 1. The number of aromatic amines is 1. The van der Waals surface area contributed by atoms with Crippen LogP contribution in [0.1, 0.15) is 17.0 Å². The predicted molar refractivity (Wildman–Crippen MR) is 85.4 cm³/mol. The number of hydrogen-bond donors (Lipinski definition) is 1. The minimum absolute atomic E-state index is 0.206. The molecule has 0 radical (unpaired) electrons. The smallest absolute Gasteiger partial charge is 0.181 e. The largest absolute Gasteiger partial charge is 0.362 e. The first kappa shape index (κ1) is 14.5. The molecule has 22 heavy (non-hydrogen) atoms. The van der Waals surface area contributed by atoms with Crippen LogP contribution < -0.4 is 0 Å². The molecular weight excluding hydrogens is 279 g/mol. The van der Waals surface area contributed by atoms with E-state index in [-0.39, 0.29) is 6.54 Å². The fraction of sp³-hybridized carbons (Fsp3) is 0.294. The van der Waals surface area contributed by atoms with Crippen LogP contribution in [0, 0.1) is 20.8 Å². The lowest BCUT2D eigenvalue weighted by Crippen LogP contribution is -2.04. The lowest BCUT2D eigenvalue weighted by molar-refractivity contribution is 0.429. The van der Waals surface area contributed by atoms with Crippen molar-refractivity contribution in [2.24, 2.45) is 0 Å². The molecule has 4 nitrogen and oxygen atoms in total. The third kappa shape index (κ3) is 2.66. The van der Waals surface area contributed by atoms with Crippen LogP contribution in [0.25, 0.3) is 22.8 Å². The van der Waals surface area contributed by atoms with Gasteiger partial charge in [-0.3, -0.25) is 0 Å². The third-order valence-corrected chi connectivity index (χ3v) is 3.67. The fourth-order valence-corrected chi connectivity index (χ4v) is 2.56. The molecule has 0 aliphatic heterocycles. The number of hydrogen-bond acceptors (Lipinski definition) is 2. The summed E-state index contributed by atoms with van der Waals surface area (Å²) < 4.78 is 14.5. The summed E-state index contributed by atoms with van der Waals surface area (Å²) in [7, 11) is 0. The molecule has 2 aromatic heterocycles. The Hall–Kier alpha value is -2.43. The van der Waals surface area contributed by atoms with Crippen molar-refractivity contribution in [3.05, 3.63) is 47.3 Å². The predicted octanol–water partition coefficient (Wildman–Crippen LogP) is 3.83. The van der Waals surface area contributed by atoms with Gasteiger partial charge in [0, 0.05) is 22.5 Å². The van der Waals surface area contributed by atoms with E-state index in [2.05, 4.69) is 15.1 Å². The molecule has 3 aromatic rings. The van der Waals surface area contributed by atoms with Crippen molar-refractivity contribution in [3.8, 4) is 22.8 Å². The van der Waals surface area contributed by atoms with Gasteiger partial charge in [0.25, 0.3) is 0 Å². The molecule has 1 N–H and O–H groups in total. The first-order chi connectivity index (χ1) is 10.6. The highest BCUT2D eigenvalue weighted by Crippen LogP contribution is 2.26. The van der Waals surface area contributed by atoms with Crippen LogP contribution in [-0.2, 0) is 6.54 Å². The van der Waals surface area contributed by atoms with Gasteiger partial charge in [0.2, 0.25) is 0 Å². The Kier molecular flexibility index (Phi) is 3.79. The van der Waals surface area contributed by atoms with Crippen LogP contribution in [0.4, 0.5) is 4.39 Å². The number of nitrogens with one attached hydrogen (secondary N) is 1. The van der Waals surface area contributed by atoms with E-state index >= 15 is 0 Å². The van der Waals surface area contributed by atoms with Crippen molar-refractivity contribution in [2.45, 2.75) is 27.3 Å². The van der Waals surface area contributed by atoms with Gasteiger partial charge >= 0.3 is 0 Å². The minimum atomic E-state index is -0.466. The quantitative estimate of drug-likeness (QED) is 0.795. The van der Waals surface area contributed by atoms with Gasteiger partial charge in [-0.2, -0.15) is 5.10 Å². The van der Waals surface area contributed by atoms with E-state index in [9.17, 15) is 4.39 Å². The van der Waals surface area contributed by atoms with Gasteiger partial charge in [0.05, 0.1) is 6.54 Å². The minimum Gasteiger partial charge on any atom is -0.362 e. The summed E-state index contributed by atoms with van der Waals surface area (Å²) in [4.78, 5) is 7.90. The molecule has 0 bridgehead atoms. The summed E-state index contributed by atoms with van der Waals surface area (Å²) in [6.07, 6.45) is 0. The zero-order valence-electron chi connectivity index (χ0n) is 13.0. The monoisotopic (exact) mass is 298 g/mol. The molecule has 2 heterocycles. The van der Waals surface area contributed by atoms with Gasteiger partial charge in [-0.1, -0.05) is 29.8 Å². The molecule has 0 amide bonds. The number of halogens is 1. The maximum Gasteiger partial charge on any atom is 0.181 e. The third-order valence-electron chi connectivity index (χ3n) is 3.67. The second-order valence-electron chi connectivity index (χ2n) is 5.53. The lowest BCUT2D eigenvalue weighted by atomic mass is 10.1. The lowest BCUT2D eigenvalue weighted by Gasteiger charge is -2.02. The first-order valence-electron chi connectivity index (χ1n) is 7.33. The molecule has 1 aromatic carbocycles. The summed E-state index contributed by atoms with van der Waals surface area (Å²) >= 11 is 0. The highest BCUT2D eigenvalue weighted by molar-refractivity contribution is 5.64. The number of alkyl halides is 1. The van der Waals surface area contributed by atoms with Crippen LogP contribution in [-0.4, -0.2) is 26.4 Å². The molecule has 5 heteroatoms. The van der Waals surface area contributed by atoms with Gasteiger partial charge in [-0.15, -0.1) is 0 Å². The van der Waals surface area contributed by atoms with Gasteiger partial charge in [-0.25, -0.2) is 14.1 Å². The van der Waals surface area contributed by atoms with Crippen molar-refractivity contribution in [3.63, 3.8) is 0 Å². The van der Waals surface area contributed by atoms with Crippen LogP contribution in [0.5, 0.6) is 0 Å². The van der Waals surface area contributed by atoms with Gasteiger partial charge in [0.15, 0.2) is 11.6 Å². The number of rotatable bonds is 4. The summed E-state index contributed by atoms with van der Waals surface area (Å²) in [6, 6.07) is 10.0. The number of aromatic nitrogens is 4. The molecule has 114 valence electrons. The van der Waals surface area contributed by atoms with E-state index in [0.29, 0.717) is 11.6 Å². The van der Waals surface area contributed by atoms with Crippen molar-refractivity contribution < 1.29 is 4.39 Å². The SMILES string of the molecule is Cc1ccc(-c2nc(-c3cc(C)[nH]c3C)n(CCF)n2)cc1. The molecule has 3 rings (SSSR count).